The number of rotatable bonds is 3. The number of nitrogens with two attached hydrogens (primary N) is 1. The summed E-state index contributed by atoms with van der Waals surface area (Å²) in [6.45, 7) is -0.104. The Morgan fingerprint density at radius 3 is 2.65 bits per heavy atom. The molecule has 1 aromatic rings. The molecule has 1 saturated carbocycles. The van der Waals surface area contributed by atoms with E-state index in [4.69, 9.17) is 5.73 Å². The molecule has 0 bridgehead atoms. The second kappa shape index (κ2) is 6.40. The van der Waals surface area contributed by atoms with Crippen molar-refractivity contribution in [2.24, 2.45) is 11.7 Å². The van der Waals surface area contributed by atoms with Crippen LogP contribution >= 0.6 is 12.4 Å². The number of aromatic amines is 1. The first kappa shape index (κ1) is 16.7. The predicted octanol–water partition coefficient (Wildman–Crippen LogP) is 0.989. The first-order valence-electron chi connectivity index (χ1n) is 5.88. The summed E-state index contributed by atoms with van der Waals surface area (Å²) in [6, 6.07) is 0.0258. The van der Waals surface area contributed by atoms with Gasteiger partial charge in [0.15, 0.2) is 0 Å². The Morgan fingerprint density at radius 2 is 2.15 bits per heavy atom. The number of nitrogens with zero attached hydrogens (tertiary/aromatic N) is 2. The summed E-state index contributed by atoms with van der Waals surface area (Å²) in [5, 5.41) is 7.72. The van der Waals surface area contributed by atoms with Gasteiger partial charge in [-0.05, 0) is 19.3 Å². The van der Waals surface area contributed by atoms with Crippen LogP contribution in [0.3, 0.4) is 0 Å². The van der Waals surface area contributed by atoms with E-state index in [2.05, 4.69) is 20.5 Å². The number of nitrogens with one attached hydrogen (secondary N) is 2. The number of alkyl halides is 3. The van der Waals surface area contributed by atoms with Crippen molar-refractivity contribution < 1.29 is 18.0 Å². The zero-order chi connectivity index (χ0) is 14.0. The number of carbonyl (C=O) groups excluding carboxylic acids is 1. The molecule has 0 radical (unpaired) electrons. The van der Waals surface area contributed by atoms with Gasteiger partial charge in [-0.3, -0.25) is 9.89 Å². The molecule has 2 rings (SSSR count). The van der Waals surface area contributed by atoms with Gasteiger partial charge < -0.3 is 11.1 Å². The predicted molar refractivity (Wildman–Crippen MR) is 65.8 cm³/mol. The molecule has 1 aromatic heterocycles. The second-order valence-electron chi connectivity index (χ2n) is 4.59. The van der Waals surface area contributed by atoms with E-state index in [9.17, 15) is 18.0 Å². The molecule has 10 heteroatoms. The smallest absolute Gasteiger partial charge is 0.349 e. The Morgan fingerprint density at radius 1 is 1.45 bits per heavy atom. The molecular weight excluding hydrogens is 299 g/mol. The van der Waals surface area contributed by atoms with Crippen LogP contribution in [0.15, 0.2) is 0 Å². The van der Waals surface area contributed by atoms with E-state index < -0.39 is 12.0 Å². The van der Waals surface area contributed by atoms with Gasteiger partial charge in [-0.15, -0.1) is 17.5 Å². The lowest BCUT2D eigenvalue weighted by Gasteiger charge is -2.09. The van der Waals surface area contributed by atoms with Crippen molar-refractivity contribution in [3.05, 3.63) is 11.6 Å². The number of carbonyl (C=O) groups is 1. The Balaban J connectivity index is 0.00000200. The molecule has 0 aromatic carbocycles. The molecule has 0 aliphatic heterocycles. The summed E-state index contributed by atoms with van der Waals surface area (Å²) in [4.78, 5) is 15.0. The first-order chi connectivity index (χ1) is 8.86. The third-order valence-electron chi connectivity index (χ3n) is 3.06. The highest BCUT2D eigenvalue weighted by molar-refractivity contribution is 5.85. The summed E-state index contributed by atoms with van der Waals surface area (Å²) in [5.74, 6) is -1.64. The summed E-state index contributed by atoms with van der Waals surface area (Å²) in [6.07, 6.45) is -2.48. The molecule has 20 heavy (non-hydrogen) atoms. The average molecular weight is 314 g/mol. The van der Waals surface area contributed by atoms with Crippen LogP contribution in [0, 0.1) is 5.92 Å². The topological polar surface area (TPSA) is 96.7 Å². The van der Waals surface area contributed by atoms with Crippen LogP contribution in [0.4, 0.5) is 13.2 Å². The molecule has 114 valence electrons. The second-order valence-corrected chi connectivity index (χ2v) is 4.59. The van der Waals surface area contributed by atoms with Crippen molar-refractivity contribution in [2.75, 3.05) is 0 Å². The van der Waals surface area contributed by atoms with E-state index in [0.29, 0.717) is 12.8 Å². The molecule has 6 nitrogen and oxygen atoms in total. The zero-order valence-electron chi connectivity index (χ0n) is 10.4. The zero-order valence-corrected chi connectivity index (χ0v) is 11.2. The van der Waals surface area contributed by atoms with Crippen LogP contribution < -0.4 is 11.1 Å². The maximum atomic E-state index is 12.2. The van der Waals surface area contributed by atoms with Gasteiger partial charge >= 0.3 is 6.18 Å². The van der Waals surface area contributed by atoms with Crippen molar-refractivity contribution in [3.63, 3.8) is 0 Å². The lowest BCUT2D eigenvalue weighted by atomic mass is 10.1. The van der Waals surface area contributed by atoms with Gasteiger partial charge in [0.2, 0.25) is 5.91 Å². The number of hydrogen-bond acceptors (Lipinski definition) is 4. The number of hydrogen-bond donors (Lipinski definition) is 3. The molecule has 1 amide bonds. The summed E-state index contributed by atoms with van der Waals surface area (Å²) in [7, 11) is 0. The van der Waals surface area contributed by atoms with Gasteiger partial charge in [-0.2, -0.15) is 13.2 Å². The third kappa shape index (κ3) is 4.07. The molecule has 4 N–H and O–H groups in total. The standard InChI is InChI=1S/C10H14F3N5O.ClH/c11-10(12,13)9-16-7(17-18-9)4-15-8(19)5-1-2-6(14)3-5;/h5-6H,1-4,14H2,(H,15,19)(H,16,17,18);1H/t5-,6+;/m0./s1. The number of halogens is 4. The Kier molecular flexibility index (Phi) is 5.35. The van der Waals surface area contributed by atoms with Crippen LogP contribution in [0.1, 0.15) is 30.9 Å². The molecule has 1 aliphatic carbocycles. The maximum absolute atomic E-state index is 12.2. The van der Waals surface area contributed by atoms with Gasteiger partial charge in [0, 0.05) is 12.0 Å². The lowest BCUT2D eigenvalue weighted by molar-refractivity contribution is -0.144. The lowest BCUT2D eigenvalue weighted by Crippen LogP contribution is -2.30. The van der Waals surface area contributed by atoms with Crippen LogP contribution in [0.25, 0.3) is 0 Å². The largest absolute Gasteiger partial charge is 0.453 e. The van der Waals surface area contributed by atoms with Crippen molar-refractivity contribution in [3.8, 4) is 0 Å². The normalized spacial score (nSPS) is 22.4. The molecule has 1 heterocycles. The Bertz CT molecular complexity index is 464. The maximum Gasteiger partial charge on any atom is 0.453 e. The minimum atomic E-state index is -4.59. The summed E-state index contributed by atoms with van der Waals surface area (Å²) in [5.41, 5.74) is 5.69. The van der Waals surface area contributed by atoms with Crippen molar-refractivity contribution in [1.29, 1.82) is 0 Å². The molecule has 0 saturated heterocycles. The minimum absolute atomic E-state index is 0. The van der Waals surface area contributed by atoms with Gasteiger partial charge in [0.1, 0.15) is 5.82 Å². The number of aromatic nitrogens is 3. The van der Waals surface area contributed by atoms with Gasteiger partial charge in [-0.25, -0.2) is 4.98 Å². The Hall–Kier alpha value is -1.35. The molecule has 1 fully saturated rings. The van der Waals surface area contributed by atoms with E-state index in [1.54, 1.807) is 0 Å². The Labute approximate surface area is 119 Å². The van der Waals surface area contributed by atoms with E-state index in [1.807, 2.05) is 0 Å². The van der Waals surface area contributed by atoms with Crippen molar-refractivity contribution >= 4 is 18.3 Å². The van der Waals surface area contributed by atoms with Gasteiger partial charge in [-0.1, -0.05) is 0 Å². The molecule has 1 aliphatic rings. The fraction of sp³-hybridized carbons (Fsp3) is 0.700. The van der Waals surface area contributed by atoms with Crippen LogP contribution in [0.5, 0.6) is 0 Å². The van der Waals surface area contributed by atoms with Crippen molar-refractivity contribution in [1.82, 2.24) is 20.5 Å². The highest BCUT2D eigenvalue weighted by Gasteiger charge is 2.36. The SMILES string of the molecule is Cl.N[C@@H]1CC[C@H](C(=O)NCc2nc(C(F)(F)F)n[nH]2)C1. The third-order valence-corrected chi connectivity index (χ3v) is 3.06. The fourth-order valence-electron chi connectivity index (χ4n) is 2.07. The molecule has 0 unspecified atom stereocenters. The monoisotopic (exact) mass is 313 g/mol. The minimum Gasteiger partial charge on any atom is -0.349 e. The number of amides is 1. The molecule has 2 atom stereocenters. The summed E-state index contributed by atoms with van der Waals surface area (Å²) >= 11 is 0. The molecular formula is C10H15ClF3N5O. The van der Waals surface area contributed by atoms with Crippen molar-refractivity contribution in [2.45, 2.75) is 38.0 Å². The van der Waals surface area contributed by atoms with E-state index in [-0.39, 0.29) is 42.6 Å². The van der Waals surface area contributed by atoms with E-state index in [1.165, 1.54) is 0 Å². The van der Waals surface area contributed by atoms with E-state index >= 15 is 0 Å². The van der Waals surface area contributed by atoms with Gasteiger partial charge in [0.25, 0.3) is 5.82 Å². The van der Waals surface area contributed by atoms with Gasteiger partial charge in [0.05, 0.1) is 6.54 Å². The fourth-order valence-corrected chi connectivity index (χ4v) is 2.07. The summed E-state index contributed by atoms with van der Waals surface area (Å²) < 4.78 is 36.7. The highest BCUT2D eigenvalue weighted by Crippen LogP contribution is 2.26. The van der Waals surface area contributed by atoms with Crippen LogP contribution in [-0.4, -0.2) is 27.1 Å². The number of H-pyrrole nitrogens is 1. The molecule has 0 spiro atoms. The van der Waals surface area contributed by atoms with Crippen LogP contribution in [-0.2, 0) is 17.5 Å². The quantitative estimate of drug-likeness (QED) is 0.775. The average Bonchev–Trinajstić information content (AvgIpc) is 2.93. The van der Waals surface area contributed by atoms with Crippen LogP contribution in [0.2, 0.25) is 0 Å². The highest BCUT2D eigenvalue weighted by atomic mass is 35.5. The van der Waals surface area contributed by atoms with E-state index in [0.717, 1.165) is 6.42 Å². The first-order valence-corrected chi connectivity index (χ1v) is 5.88.